The lowest BCUT2D eigenvalue weighted by molar-refractivity contribution is -0.138. The Bertz CT molecular complexity index is 682. The van der Waals surface area contributed by atoms with Gasteiger partial charge in [0.15, 0.2) is 0 Å². The number of aromatic hydroxyl groups is 2. The molecule has 7 nitrogen and oxygen atoms in total. The molecule has 0 aliphatic rings. The molecule has 0 aliphatic heterocycles. The van der Waals surface area contributed by atoms with Crippen LogP contribution < -0.4 is 5.73 Å². The fraction of sp³-hybridized carbons (Fsp3) is 0.222. The Balaban J connectivity index is 0.000000251. The molecule has 7 heteroatoms. The average molecular weight is 347 g/mol. The molecule has 0 aromatic heterocycles. The molecule has 2 aromatic carbocycles. The third-order valence-electron chi connectivity index (χ3n) is 3.27. The summed E-state index contributed by atoms with van der Waals surface area (Å²) < 4.78 is 0. The van der Waals surface area contributed by atoms with Crippen molar-refractivity contribution in [3.63, 3.8) is 0 Å². The number of phenolic OH excluding ortho intramolecular Hbond substituents is 2. The highest BCUT2D eigenvalue weighted by molar-refractivity contribution is 5.73. The van der Waals surface area contributed by atoms with Gasteiger partial charge in [-0.25, -0.2) is 0 Å². The number of rotatable bonds is 6. The van der Waals surface area contributed by atoms with E-state index < -0.39 is 18.0 Å². The van der Waals surface area contributed by atoms with Crippen LogP contribution >= 0.6 is 0 Å². The lowest BCUT2D eigenvalue weighted by Crippen LogP contribution is -2.32. The fourth-order valence-electron chi connectivity index (χ4n) is 1.89. The van der Waals surface area contributed by atoms with Gasteiger partial charge < -0.3 is 26.2 Å². The molecule has 0 radical (unpaired) electrons. The van der Waals surface area contributed by atoms with Crippen LogP contribution in [0.25, 0.3) is 0 Å². The molecule has 1 atom stereocenters. The van der Waals surface area contributed by atoms with E-state index in [0.717, 1.165) is 11.1 Å². The number of hydrogen-bond acceptors (Lipinski definition) is 5. The lowest BCUT2D eigenvalue weighted by atomic mass is 10.1. The highest BCUT2D eigenvalue weighted by atomic mass is 16.4. The quantitative estimate of drug-likeness (QED) is 0.536. The van der Waals surface area contributed by atoms with Gasteiger partial charge in [0.25, 0.3) is 0 Å². The summed E-state index contributed by atoms with van der Waals surface area (Å²) in [6, 6.07) is 12.0. The van der Waals surface area contributed by atoms with Crippen molar-refractivity contribution in [2.24, 2.45) is 5.73 Å². The molecular formula is C18H21NO6. The first-order valence-electron chi connectivity index (χ1n) is 7.54. The molecule has 0 heterocycles. The molecule has 134 valence electrons. The summed E-state index contributed by atoms with van der Waals surface area (Å²) in [6.07, 6.45) is 0.913. The number of benzene rings is 2. The smallest absolute Gasteiger partial charge is 0.320 e. The minimum absolute atomic E-state index is 0.130. The zero-order chi connectivity index (χ0) is 18.8. The molecule has 0 unspecified atom stereocenters. The van der Waals surface area contributed by atoms with Crippen LogP contribution in [0.5, 0.6) is 11.5 Å². The fourth-order valence-corrected chi connectivity index (χ4v) is 1.89. The Labute approximate surface area is 145 Å². The van der Waals surface area contributed by atoms with Gasteiger partial charge >= 0.3 is 11.9 Å². The molecule has 25 heavy (non-hydrogen) atoms. The standard InChI is InChI=1S/C9H11NO3.C9H10O3/c10-8(9(12)13)5-6-1-3-7(11)4-2-6;10-8-4-1-7(2-5-8)3-6-9(11)12/h1-4,8,11H,5,10H2,(H,12,13);1-2,4-5,10H,3,6H2,(H,11,12)/t8-;/m0./s1. The van der Waals surface area contributed by atoms with Gasteiger partial charge in [0, 0.05) is 6.42 Å². The number of aryl methyl sites for hydroxylation is 1. The molecule has 0 aliphatic carbocycles. The van der Waals surface area contributed by atoms with Gasteiger partial charge in [-0.3, -0.25) is 9.59 Å². The van der Waals surface area contributed by atoms with Crippen molar-refractivity contribution in [3.05, 3.63) is 59.7 Å². The summed E-state index contributed by atoms with van der Waals surface area (Å²) in [7, 11) is 0. The number of carboxylic acid groups (broad SMARTS) is 2. The number of hydrogen-bond donors (Lipinski definition) is 5. The van der Waals surface area contributed by atoms with Crippen LogP contribution in [-0.4, -0.2) is 38.4 Å². The first-order chi connectivity index (χ1) is 11.8. The van der Waals surface area contributed by atoms with E-state index in [1.807, 2.05) is 0 Å². The van der Waals surface area contributed by atoms with Crippen LogP contribution in [0, 0.1) is 0 Å². The predicted octanol–water partition coefficient (Wildman–Crippen LogP) is 1.76. The van der Waals surface area contributed by atoms with Crippen LogP contribution in [0.1, 0.15) is 17.5 Å². The summed E-state index contributed by atoms with van der Waals surface area (Å²) in [5.74, 6) is -1.46. The van der Waals surface area contributed by atoms with Crippen molar-refractivity contribution in [2.45, 2.75) is 25.3 Å². The normalized spacial score (nSPS) is 11.1. The van der Waals surface area contributed by atoms with Gasteiger partial charge in [0.05, 0.1) is 0 Å². The van der Waals surface area contributed by atoms with Gasteiger partial charge in [-0.05, 0) is 48.2 Å². The molecule has 0 amide bonds. The van der Waals surface area contributed by atoms with Crippen LogP contribution in [0.15, 0.2) is 48.5 Å². The minimum atomic E-state index is -1.02. The Morgan fingerprint density at radius 1 is 0.840 bits per heavy atom. The first-order valence-corrected chi connectivity index (χ1v) is 7.54. The van der Waals surface area contributed by atoms with Crippen molar-refractivity contribution >= 4 is 11.9 Å². The third kappa shape index (κ3) is 8.38. The SMILES string of the molecule is N[C@@H](Cc1ccc(O)cc1)C(=O)O.O=C(O)CCc1ccc(O)cc1. The third-order valence-corrected chi connectivity index (χ3v) is 3.27. The van der Waals surface area contributed by atoms with Gasteiger partial charge in [-0.15, -0.1) is 0 Å². The van der Waals surface area contributed by atoms with Crippen molar-refractivity contribution in [3.8, 4) is 11.5 Å². The number of nitrogens with two attached hydrogens (primary N) is 1. The maximum Gasteiger partial charge on any atom is 0.320 e. The second-order valence-corrected chi connectivity index (χ2v) is 5.38. The zero-order valence-corrected chi connectivity index (χ0v) is 13.5. The highest BCUT2D eigenvalue weighted by Crippen LogP contribution is 2.11. The molecule has 0 spiro atoms. The van der Waals surface area contributed by atoms with Crippen molar-refractivity contribution in [1.29, 1.82) is 0 Å². The highest BCUT2D eigenvalue weighted by Gasteiger charge is 2.11. The molecule has 0 fully saturated rings. The maximum atomic E-state index is 10.4. The van der Waals surface area contributed by atoms with Gasteiger partial charge in [-0.2, -0.15) is 0 Å². The maximum absolute atomic E-state index is 10.4. The van der Waals surface area contributed by atoms with Gasteiger partial charge in [-0.1, -0.05) is 24.3 Å². The van der Waals surface area contributed by atoms with Crippen LogP contribution in [-0.2, 0) is 22.4 Å². The lowest BCUT2D eigenvalue weighted by Gasteiger charge is -2.05. The zero-order valence-electron chi connectivity index (χ0n) is 13.5. The number of aliphatic carboxylic acids is 2. The summed E-state index contributed by atoms with van der Waals surface area (Å²) in [5, 5.41) is 34.8. The molecule has 0 bridgehead atoms. The van der Waals surface area contributed by atoms with Gasteiger partial charge in [0.1, 0.15) is 17.5 Å². The molecule has 0 saturated carbocycles. The molecular weight excluding hydrogens is 326 g/mol. The Morgan fingerprint density at radius 3 is 1.68 bits per heavy atom. The van der Waals surface area contributed by atoms with Crippen molar-refractivity contribution < 1.29 is 30.0 Å². The Hall–Kier alpha value is -3.06. The molecule has 6 N–H and O–H groups in total. The van der Waals surface area contributed by atoms with Crippen LogP contribution in [0.2, 0.25) is 0 Å². The molecule has 2 rings (SSSR count). The second-order valence-electron chi connectivity index (χ2n) is 5.38. The van der Waals surface area contributed by atoms with Crippen LogP contribution in [0.4, 0.5) is 0 Å². The summed E-state index contributed by atoms with van der Waals surface area (Å²) in [5.41, 5.74) is 7.05. The predicted molar refractivity (Wildman–Crippen MR) is 91.5 cm³/mol. The number of carboxylic acids is 2. The first kappa shape index (κ1) is 20.0. The largest absolute Gasteiger partial charge is 0.508 e. The van der Waals surface area contributed by atoms with E-state index in [4.69, 9.17) is 26.2 Å². The summed E-state index contributed by atoms with van der Waals surface area (Å²) in [6.45, 7) is 0. The minimum Gasteiger partial charge on any atom is -0.508 e. The van der Waals surface area contributed by atoms with E-state index in [2.05, 4.69) is 0 Å². The van der Waals surface area contributed by atoms with Crippen molar-refractivity contribution in [1.82, 2.24) is 0 Å². The van der Waals surface area contributed by atoms with E-state index in [1.54, 1.807) is 36.4 Å². The summed E-state index contributed by atoms with van der Waals surface area (Å²) >= 11 is 0. The Morgan fingerprint density at radius 2 is 1.28 bits per heavy atom. The van der Waals surface area contributed by atoms with Crippen LogP contribution in [0.3, 0.4) is 0 Å². The van der Waals surface area contributed by atoms with E-state index in [1.165, 1.54) is 12.1 Å². The second kappa shape index (κ2) is 9.94. The number of carbonyl (C=O) groups is 2. The van der Waals surface area contributed by atoms with E-state index >= 15 is 0 Å². The summed E-state index contributed by atoms with van der Waals surface area (Å²) in [4.78, 5) is 20.6. The van der Waals surface area contributed by atoms with E-state index in [0.29, 0.717) is 6.42 Å². The average Bonchev–Trinajstić information content (AvgIpc) is 2.57. The van der Waals surface area contributed by atoms with Crippen molar-refractivity contribution in [2.75, 3.05) is 0 Å². The van der Waals surface area contributed by atoms with Gasteiger partial charge in [0.2, 0.25) is 0 Å². The molecule has 2 aromatic rings. The number of phenols is 2. The Kier molecular flexibility index (Phi) is 7.95. The topological polar surface area (TPSA) is 141 Å². The van der Waals surface area contributed by atoms with E-state index in [9.17, 15) is 9.59 Å². The van der Waals surface area contributed by atoms with E-state index in [-0.39, 0.29) is 24.3 Å². The molecule has 0 saturated heterocycles. The monoisotopic (exact) mass is 347 g/mol.